The lowest BCUT2D eigenvalue weighted by atomic mass is 10.0. The highest BCUT2D eigenvalue weighted by molar-refractivity contribution is 5.81. The largest absolute Gasteiger partial charge is 0.497 e. The van der Waals surface area contributed by atoms with Crippen molar-refractivity contribution in [2.24, 2.45) is 7.05 Å². The van der Waals surface area contributed by atoms with Crippen molar-refractivity contribution >= 4 is 5.91 Å². The zero-order valence-electron chi connectivity index (χ0n) is 16.4. The van der Waals surface area contributed by atoms with Crippen molar-refractivity contribution in [1.29, 1.82) is 0 Å². The Morgan fingerprint density at radius 3 is 2.48 bits per heavy atom. The summed E-state index contributed by atoms with van der Waals surface area (Å²) in [4.78, 5) is 12.5. The molecule has 1 amide bonds. The van der Waals surface area contributed by atoms with Crippen LogP contribution in [0.5, 0.6) is 5.75 Å². The smallest absolute Gasteiger partial charge is 0.224 e. The van der Waals surface area contributed by atoms with Crippen LogP contribution in [0.2, 0.25) is 0 Å². The lowest BCUT2D eigenvalue weighted by Crippen LogP contribution is -2.25. The van der Waals surface area contributed by atoms with Crippen LogP contribution in [0.3, 0.4) is 0 Å². The fourth-order valence-corrected chi connectivity index (χ4v) is 3.14. The molecule has 1 aromatic carbocycles. The molecule has 0 fully saturated rings. The zero-order chi connectivity index (χ0) is 19.6. The number of hydrogen-bond acceptors (Lipinski definition) is 4. The van der Waals surface area contributed by atoms with Crippen LogP contribution in [0.4, 0.5) is 0 Å². The van der Waals surface area contributed by atoms with Gasteiger partial charge in [-0.2, -0.15) is 10.2 Å². The van der Waals surface area contributed by atoms with Gasteiger partial charge >= 0.3 is 0 Å². The van der Waals surface area contributed by atoms with Gasteiger partial charge in [-0.15, -0.1) is 0 Å². The summed E-state index contributed by atoms with van der Waals surface area (Å²) in [6, 6.07) is 7.66. The predicted molar refractivity (Wildman–Crippen MR) is 104 cm³/mol. The first-order chi connectivity index (χ1) is 12.9. The molecule has 0 bridgehead atoms. The molecule has 0 aliphatic carbocycles. The second kappa shape index (κ2) is 7.65. The van der Waals surface area contributed by atoms with E-state index in [1.807, 2.05) is 56.8 Å². The topological polar surface area (TPSA) is 84.8 Å². The molecule has 2 N–H and O–H groups in total. The minimum atomic E-state index is -0.0445. The van der Waals surface area contributed by atoms with E-state index < -0.39 is 0 Å². The number of methoxy groups -OCH3 is 1. The van der Waals surface area contributed by atoms with Crippen LogP contribution >= 0.6 is 0 Å². The first kappa shape index (κ1) is 18.7. The van der Waals surface area contributed by atoms with E-state index in [-0.39, 0.29) is 12.3 Å². The van der Waals surface area contributed by atoms with Crippen molar-refractivity contribution < 1.29 is 9.53 Å². The average molecular weight is 367 g/mol. The van der Waals surface area contributed by atoms with E-state index in [2.05, 4.69) is 20.6 Å². The number of hydrogen-bond donors (Lipinski definition) is 2. The number of aryl methyl sites for hydroxylation is 3. The molecular weight excluding hydrogens is 342 g/mol. The molecule has 0 aliphatic rings. The lowest BCUT2D eigenvalue weighted by molar-refractivity contribution is -0.120. The van der Waals surface area contributed by atoms with E-state index in [1.54, 1.807) is 7.11 Å². The average Bonchev–Trinajstić information content (AvgIpc) is 3.13. The maximum absolute atomic E-state index is 12.5. The van der Waals surface area contributed by atoms with Crippen LogP contribution in [0.15, 0.2) is 24.3 Å². The summed E-state index contributed by atoms with van der Waals surface area (Å²) in [6.07, 6.45) is 0.266. The number of aromatic amines is 1. The Labute approximate surface area is 158 Å². The molecule has 0 atom stereocenters. The summed E-state index contributed by atoms with van der Waals surface area (Å²) >= 11 is 0. The van der Waals surface area contributed by atoms with Gasteiger partial charge in [0.25, 0.3) is 0 Å². The van der Waals surface area contributed by atoms with Gasteiger partial charge in [-0.25, -0.2) is 0 Å². The van der Waals surface area contributed by atoms with Crippen molar-refractivity contribution in [2.45, 2.75) is 33.7 Å². The molecule has 0 unspecified atom stereocenters. The quantitative estimate of drug-likeness (QED) is 0.701. The number of H-pyrrole nitrogens is 1. The number of benzene rings is 1. The number of nitrogens with one attached hydrogen (secondary N) is 2. The van der Waals surface area contributed by atoms with Crippen LogP contribution in [-0.2, 0) is 24.8 Å². The molecule has 2 heterocycles. The molecule has 0 saturated heterocycles. The van der Waals surface area contributed by atoms with E-state index >= 15 is 0 Å². The third-order valence-corrected chi connectivity index (χ3v) is 4.90. The number of rotatable bonds is 6. The SMILES string of the molecule is COc1ccc(-c2n[nH]c(C)c2CC(=O)NCc2c(C)nn(C)c2C)cc1. The Morgan fingerprint density at radius 2 is 1.89 bits per heavy atom. The summed E-state index contributed by atoms with van der Waals surface area (Å²) in [5.74, 6) is 0.740. The Balaban J connectivity index is 1.73. The first-order valence-corrected chi connectivity index (χ1v) is 8.84. The Bertz CT molecular complexity index is 954. The number of ether oxygens (including phenoxy) is 1. The first-order valence-electron chi connectivity index (χ1n) is 8.84. The molecule has 0 aliphatic heterocycles. The van der Waals surface area contributed by atoms with Crippen LogP contribution in [0.1, 0.15) is 28.2 Å². The highest BCUT2D eigenvalue weighted by Gasteiger charge is 2.17. The standard InChI is InChI=1S/C20H25N5O2/c1-12-17(20(23-22-12)15-6-8-16(27-5)9-7-15)10-19(26)21-11-18-13(2)24-25(4)14(18)3/h6-9H,10-11H2,1-5H3,(H,21,26)(H,22,23). The highest BCUT2D eigenvalue weighted by Crippen LogP contribution is 2.26. The van der Waals surface area contributed by atoms with E-state index in [0.717, 1.165) is 45.2 Å². The van der Waals surface area contributed by atoms with Crippen molar-refractivity contribution in [2.75, 3.05) is 7.11 Å². The monoisotopic (exact) mass is 367 g/mol. The minimum Gasteiger partial charge on any atom is -0.497 e. The highest BCUT2D eigenvalue weighted by atomic mass is 16.5. The fourth-order valence-electron chi connectivity index (χ4n) is 3.14. The third-order valence-electron chi connectivity index (χ3n) is 4.90. The molecule has 0 spiro atoms. The zero-order valence-corrected chi connectivity index (χ0v) is 16.4. The van der Waals surface area contributed by atoms with E-state index in [9.17, 15) is 4.79 Å². The van der Waals surface area contributed by atoms with Gasteiger partial charge in [0.2, 0.25) is 5.91 Å². The van der Waals surface area contributed by atoms with Gasteiger partial charge in [0.1, 0.15) is 5.75 Å². The van der Waals surface area contributed by atoms with E-state index in [1.165, 1.54) is 0 Å². The summed E-state index contributed by atoms with van der Waals surface area (Å²) in [7, 11) is 3.54. The van der Waals surface area contributed by atoms with Crippen LogP contribution < -0.4 is 10.1 Å². The van der Waals surface area contributed by atoms with Crippen molar-refractivity contribution in [3.05, 3.63) is 52.5 Å². The second-order valence-corrected chi connectivity index (χ2v) is 6.63. The molecule has 7 nitrogen and oxygen atoms in total. The molecule has 0 radical (unpaired) electrons. The van der Waals surface area contributed by atoms with Crippen LogP contribution in [-0.4, -0.2) is 33.0 Å². The predicted octanol–water partition coefficient (Wildman–Crippen LogP) is 2.60. The Hall–Kier alpha value is -3.09. The molecule has 142 valence electrons. The van der Waals surface area contributed by atoms with Gasteiger partial charge in [0, 0.05) is 41.7 Å². The Kier molecular flexibility index (Phi) is 5.30. The van der Waals surface area contributed by atoms with Gasteiger partial charge in [-0.05, 0) is 45.0 Å². The normalized spacial score (nSPS) is 10.9. The second-order valence-electron chi connectivity index (χ2n) is 6.63. The Morgan fingerprint density at radius 1 is 1.19 bits per heavy atom. The third kappa shape index (κ3) is 3.86. The number of carbonyl (C=O) groups excluding carboxylic acids is 1. The maximum Gasteiger partial charge on any atom is 0.224 e. The summed E-state index contributed by atoms with van der Waals surface area (Å²) in [5, 5.41) is 14.8. The number of amides is 1. The molecule has 3 rings (SSSR count). The van der Waals surface area contributed by atoms with Gasteiger partial charge in [-0.1, -0.05) is 0 Å². The number of carbonyl (C=O) groups is 1. The van der Waals surface area contributed by atoms with Crippen LogP contribution in [0.25, 0.3) is 11.3 Å². The number of aromatic nitrogens is 4. The molecule has 3 aromatic rings. The molecule has 2 aromatic heterocycles. The molecular formula is C20H25N5O2. The van der Waals surface area contributed by atoms with Crippen LogP contribution in [0, 0.1) is 20.8 Å². The van der Waals surface area contributed by atoms with Gasteiger partial charge < -0.3 is 10.1 Å². The van der Waals surface area contributed by atoms with E-state index in [0.29, 0.717) is 6.54 Å². The van der Waals surface area contributed by atoms with Crippen molar-refractivity contribution in [3.8, 4) is 17.0 Å². The summed E-state index contributed by atoms with van der Waals surface area (Å²) in [5.41, 5.74) is 6.59. The lowest BCUT2D eigenvalue weighted by Gasteiger charge is -2.08. The van der Waals surface area contributed by atoms with Gasteiger partial charge in [0.15, 0.2) is 0 Å². The van der Waals surface area contributed by atoms with Crippen molar-refractivity contribution in [3.63, 3.8) is 0 Å². The molecule has 27 heavy (non-hydrogen) atoms. The van der Waals surface area contributed by atoms with Gasteiger partial charge in [0.05, 0.1) is 24.9 Å². The van der Waals surface area contributed by atoms with E-state index in [4.69, 9.17) is 4.74 Å². The van der Waals surface area contributed by atoms with Crippen molar-refractivity contribution in [1.82, 2.24) is 25.3 Å². The minimum absolute atomic E-state index is 0.0445. The maximum atomic E-state index is 12.5. The molecule has 7 heteroatoms. The number of nitrogens with zero attached hydrogens (tertiary/aromatic N) is 3. The fraction of sp³-hybridized carbons (Fsp3) is 0.350. The summed E-state index contributed by atoms with van der Waals surface area (Å²) in [6.45, 7) is 6.36. The van der Waals surface area contributed by atoms with Gasteiger partial charge in [-0.3, -0.25) is 14.6 Å². The summed E-state index contributed by atoms with van der Waals surface area (Å²) < 4.78 is 7.03. The molecule has 0 saturated carbocycles.